The van der Waals surface area contributed by atoms with Crippen molar-refractivity contribution in [3.05, 3.63) is 12.4 Å². The van der Waals surface area contributed by atoms with E-state index in [0.29, 0.717) is 11.6 Å². The summed E-state index contributed by atoms with van der Waals surface area (Å²) < 4.78 is 2.06. The highest BCUT2D eigenvalue weighted by atomic mass is 15.1. The molecule has 5 nitrogen and oxygen atoms in total. The standard InChI is InChI=1S/C11H17N5/c1-11(2,3)5-16-6-14-9-7(16)4-8(12)15-10(9)13/h4,6H,5H2,1-3H3,(H4,12,13,15). The Labute approximate surface area is 94.5 Å². The van der Waals surface area contributed by atoms with E-state index in [9.17, 15) is 0 Å². The predicted molar refractivity (Wildman–Crippen MR) is 65.8 cm³/mol. The van der Waals surface area contributed by atoms with Crippen LogP contribution < -0.4 is 11.5 Å². The Morgan fingerprint density at radius 2 is 2.00 bits per heavy atom. The van der Waals surface area contributed by atoms with Crippen LogP contribution in [0.2, 0.25) is 0 Å². The second-order valence-corrected chi connectivity index (χ2v) is 5.23. The van der Waals surface area contributed by atoms with Crippen molar-refractivity contribution < 1.29 is 0 Å². The zero-order valence-electron chi connectivity index (χ0n) is 9.86. The third-order valence-electron chi connectivity index (χ3n) is 2.30. The van der Waals surface area contributed by atoms with Gasteiger partial charge in [0.05, 0.1) is 11.8 Å². The maximum Gasteiger partial charge on any atom is 0.154 e. The van der Waals surface area contributed by atoms with Gasteiger partial charge in [-0.1, -0.05) is 20.8 Å². The normalized spacial score (nSPS) is 12.2. The average Bonchev–Trinajstić information content (AvgIpc) is 2.46. The molecule has 86 valence electrons. The highest BCUT2D eigenvalue weighted by molar-refractivity contribution is 5.86. The average molecular weight is 219 g/mol. The van der Waals surface area contributed by atoms with Gasteiger partial charge in [0.2, 0.25) is 0 Å². The van der Waals surface area contributed by atoms with Crippen LogP contribution in [0.1, 0.15) is 20.8 Å². The van der Waals surface area contributed by atoms with Crippen LogP contribution in [-0.2, 0) is 6.54 Å². The van der Waals surface area contributed by atoms with Crippen LogP contribution in [0.5, 0.6) is 0 Å². The quantitative estimate of drug-likeness (QED) is 0.763. The number of nitrogen functional groups attached to an aromatic ring is 2. The van der Waals surface area contributed by atoms with Gasteiger partial charge in [-0.05, 0) is 5.41 Å². The molecule has 2 heterocycles. The summed E-state index contributed by atoms with van der Waals surface area (Å²) >= 11 is 0. The van der Waals surface area contributed by atoms with Crippen LogP contribution in [0, 0.1) is 5.41 Å². The largest absolute Gasteiger partial charge is 0.384 e. The van der Waals surface area contributed by atoms with Gasteiger partial charge >= 0.3 is 0 Å². The summed E-state index contributed by atoms with van der Waals surface area (Å²) in [6.45, 7) is 7.39. The molecule has 2 aromatic rings. The minimum absolute atomic E-state index is 0.181. The summed E-state index contributed by atoms with van der Waals surface area (Å²) in [4.78, 5) is 8.25. The second-order valence-electron chi connectivity index (χ2n) is 5.23. The Morgan fingerprint density at radius 1 is 1.31 bits per heavy atom. The summed E-state index contributed by atoms with van der Waals surface area (Å²) in [5.41, 5.74) is 13.3. The third-order valence-corrected chi connectivity index (χ3v) is 2.30. The molecule has 2 rings (SSSR count). The van der Waals surface area contributed by atoms with Gasteiger partial charge in [-0.25, -0.2) is 9.97 Å². The molecule has 16 heavy (non-hydrogen) atoms. The number of nitrogens with zero attached hydrogens (tertiary/aromatic N) is 3. The lowest BCUT2D eigenvalue weighted by Crippen LogP contribution is -2.14. The predicted octanol–water partition coefficient (Wildman–Crippen LogP) is 1.64. The molecule has 0 unspecified atom stereocenters. The van der Waals surface area contributed by atoms with Crippen LogP contribution in [0.25, 0.3) is 11.0 Å². The van der Waals surface area contributed by atoms with E-state index in [2.05, 4.69) is 35.3 Å². The van der Waals surface area contributed by atoms with E-state index in [1.807, 2.05) is 6.07 Å². The lowest BCUT2D eigenvalue weighted by atomic mass is 9.97. The van der Waals surface area contributed by atoms with Crippen LogP contribution >= 0.6 is 0 Å². The smallest absolute Gasteiger partial charge is 0.154 e. The number of imidazole rings is 1. The number of hydrogen-bond acceptors (Lipinski definition) is 4. The molecule has 0 saturated carbocycles. The summed E-state index contributed by atoms with van der Waals surface area (Å²) in [7, 11) is 0. The van der Waals surface area contributed by atoms with E-state index in [0.717, 1.165) is 17.6 Å². The first kappa shape index (κ1) is 10.7. The summed E-state index contributed by atoms with van der Waals surface area (Å²) in [5, 5.41) is 0. The number of pyridine rings is 1. The van der Waals surface area contributed by atoms with Gasteiger partial charge in [0.25, 0.3) is 0 Å². The lowest BCUT2D eigenvalue weighted by molar-refractivity contribution is 0.348. The van der Waals surface area contributed by atoms with E-state index < -0.39 is 0 Å². The molecule has 0 saturated heterocycles. The zero-order valence-corrected chi connectivity index (χ0v) is 9.86. The third kappa shape index (κ3) is 1.93. The van der Waals surface area contributed by atoms with E-state index in [1.54, 1.807) is 6.33 Å². The Kier molecular flexibility index (Phi) is 2.26. The molecule has 0 atom stereocenters. The highest BCUT2D eigenvalue weighted by Gasteiger charge is 2.14. The molecular formula is C11H17N5. The van der Waals surface area contributed by atoms with E-state index in [1.165, 1.54) is 0 Å². The van der Waals surface area contributed by atoms with Crippen molar-refractivity contribution in [2.45, 2.75) is 27.3 Å². The Morgan fingerprint density at radius 3 is 2.62 bits per heavy atom. The monoisotopic (exact) mass is 219 g/mol. The van der Waals surface area contributed by atoms with E-state index in [-0.39, 0.29) is 5.41 Å². The van der Waals surface area contributed by atoms with E-state index >= 15 is 0 Å². The van der Waals surface area contributed by atoms with Gasteiger partial charge in [0, 0.05) is 12.6 Å². The first-order valence-corrected chi connectivity index (χ1v) is 5.24. The first-order chi connectivity index (χ1) is 7.37. The number of anilines is 2. The van der Waals surface area contributed by atoms with Crippen LogP contribution in [0.3, 0.4) is 0 Å². The maximum atomic E-state index is 5.77. The topological polar surface area (TPSA) is 82.8 Å². The van der Waals surface area contributed by atoms with Crippen molar-refractivity contribution in [2.75, 3.05) is 11.5 Å². The van der Waals surface area contributed by atoms with Crippen molar-refractivity contribution in [3.8, 4) is 0 Å². The number of nitrogens with two attached hydrogens (primary N) is 2. The fourth-order valence-corrected chi connectivity index (χ4v) is 1.74. The van der Waals surface area contributed by atoms with Gasteiger partial charge in [-0.15, -0.1) is 0 Å². The molecular weight excluding hydrogens is 202 g/mol. The Balaban J connectivity index is 2.56. The number of fused-ring (bicyclic) bond motifs is 1. The number of aromatic nitrogens is 3. The molecule has 0 spiro atoms. The van der Waals surface area contributed by atoms with Crippen LogP contribution in [0.15, 0.2) is 12.4 Å². The molecule has 0 aliphatic heterocycles. The maximum absolute atomic E-state index is 5.77. The summed E-state index contributed by atoms with van der Waals surface area (Å²) in [6, 6.07) is 1.81. The second kappa shape index (κ2) is 3.37. The van der Waals surface area contributed by atoms with Crippen LogP contribution in [0.4, 0.5) is 11.6 Å². The fraction of sp³-hybridized carbons (Fsp3) is 0.455. The molecule has 0 bridgehead atoms. The van der Waals surface area contributed by atoms with Crippen molar-refractivity contribution in [3.63, 3.8) is 0 Å². The molecule has 0 amide bonds. The van der Waals surface area contributed by atoms with Crippen molar-refractivity contribution in [1.82, 2.24) is 14.5 Å². The molecule has 0 aliphatic carbocycles. The van der Waals surface area contributed by atoms with Crippen molar-refractivity contribution >= 4 is 22.7 Å². The number of rotatable bonds is 1. The first-order valence-electron chi connectivity index (χ1n) is 5.24. The van der Waals surface area contributed by atoms with Crippen molar-refractivity contribution in [1.29, 1.82) is 0 Å². The SMILES string of the molecule is CC(C)(C)Cn1cnc2c(N)nc(N)cc21. The van der Waals surface area contributed by atoms with Crippen molar-refractivity contribution in [2.24, 2.45) is 5.41 Å². The lowest BCUT2D eigenvalue weighted by Gasteiger charge is -2.19. The molecule has 0 fully saturated rings. The molecule has 2 aromatic heterocycles. The van der Waals surface area contributed by atoms with Gasteiger partial charge in [0.15, 0.2) is 5.82 Å². The molecule has 4 N–H and O–H groups in total. The molecule has 0 aromatic carbocycles. The Bertz CT molecular complexity index is 521. The van der Waals surface area contributed by atoms with E-state index in [4.69, 9.17) is 11.5 Å². The van der Waals surface area contributed by atoms with Gasteiger partial charge in [-0.2, -0.15) is 0 Å². The minimum atomic E-state index is 0.181. The molecule has 0 aliphatic rings. The summed E-state index contributed by atoms with van der Waals surface area (Å²) in [5.74, 6) is 0.823. The van der Waals surface area contributed by atoms with Gasteiger partial charge in [0.1, 0.15) is 11.3 Å². The number of hydrogen-bond donors (Lipinski definition) is 2. The molecule has 5 heteroatoms. The van der Waals surface area contributed by atoms with Gasteiger partial charge < -0.3 is 16.0 Å². The fourth-order valence-electron chi connectivity index (χ4n) is 1.74. The van der Waals surface area contributed by atoms with Crippen LogP contribution in [-0.4, -0.2) is 14.5 Å². The van der Waals surface area contributed by atoms with Gasteiger partial charge in [-0.3, -0.25) is 0 Å². The minimum Gasteiger partial charge on any atom is -0.384 e. The Hall–Kier alpha value is -1.78. The molecule has 0 radical (unpaired) electrons. The highest BCUT2D eigenvalue weighted by Crippen LogP contribution is 2.24. The zero-order chi connectivity index (χ0) is 11.9. The summed E-state index contributed by atoms with van der Waals surface area (Å²) in [6.07, 6.45) is 1.79.